The van der Waals surface area contributed by atoms with Crippen LogP contribution in [0.3, 0.4) is 0 Å². The van der Waals surface area contributed by atoms with Crippen molar-refractivity contribution in [3.63, 3.8) is 0 Å². The van der Waals surface area contributed by atoms with Crippen LogP contribution in [-0.4, -0.2) is 7.12 Å². The van der Waals surface area contributed by atoms with Crippen LogP contribution in [0.25, 0.3) is 0 Å². The van der Waals surface area contributed by atoms with Crippen molar-refractivity contribution in [3.05, 3.63) is 35.4 Å². The van der Waals surface area contributed by atoms with Crippen LogP contribution in [0.15, 0.2) is 24.3 Å². The van der Waals surface area contributed by atoms with Gasteiger partial charge in [0.25, 0.3) is 0 Å². The number of rotatable bonds is 2. The van der Waals surface area contributed by atoms with E-state index in [1.807, 2.05) is 12.1 Å². The third kappa shape index (κ3) is 2.83. The molecule has 1 aliphatic rings. The number of benzene rings is 1. The summed E-state index contributed by atoms with van der Waals surface area (Å²) in [7, 11) is -0.0441. The molecule has 3 heteroatoms. The van der Waals surface area contributed by atoms with Crippen LogP contribution in [0.1, 0.15) is 25.0 Å². The maximum atomic E-state index is 5.72. The van der Waals surface area contributed by atoms with Crippen molar-refractivity contribution < 1.29 is 9.31 Å². The van der Waals surface area contributed by atoms with Gasteiger partial charge in [0, 0.05) is 0 Å². The maximum absolute atomic E-state index is 5.72. The van der Waals surface area contributed by atoms with Crippen molar-refractivity contribution in [2.75, 3.05) is 0 Å². The predicted molar refractivity (Wildman–Crippen MR) is 61.4 cm³/mol. The molecule has 0 aliphatic carbocycles. The Morgan fingerprint density at radius 1 is 1.13 bits per heavy atom. The van der Waals surface area contributed by atoms with Gasteiger partial charge >= 0.3 is 7.12 Å². The smallest absolute Gasteiger partial charge is 0.407 e. The van der Waals surface area contributed by atoms with Crippen molar-refractivity contribution in [2.45, 2.75) is 33.4 Å². The lowest BCUT2D eigenvalue weighted by atomic mass is 9.78. The van der Waals surface area contributed by atoms with Gasteiger partial charge in [-0.1, -0.05) is 38.1 Å². The Kier molecular flexibility index (Phi) is 3.44. The summed E-state index contributed by atoms with van der Waals surface area (Å²) >= 11 is 0. The summed E-state index contributed by atoms with van der Waals surface area (Å²) in [6.07, 6.45) is 0.966. The second-order valence-corrected chi connectivity index (χ2v) is 4.45. The van der Waals surface area contributed by atoms with E-state index in [1.165, 1.54) is 11.1 Å². The SMILES string of the molecule is CC(C)CB1OCc2ccccc2CO1. The molecule has 0 amide bonds. The van der Waals surface area contributed by atoms with Crippen molar-refractivity contribution in [1.82, 2.24) is 0 Å². The summed E-state index contributed by atoms with van der Waals surface area (Å²) < 4.78 is 11.4. The lowest BCUT2D eigenvalue weighted by molar-refractivity contribution is 0.195. The van der Waals surface area contributed by atoms with Crippen LogP contribution < -0.4 is 0 Å². The van der Waals surface area contributed by atoms with Crippen LogP contribution in [-0.2, 0) is 22.5 Å². The van der Waals surface area contributed by atoms with E-state index in [2.05, 4.69) is 26.0 Å². The van der Waals surface area contributed by atoms with E-state index in [1.54, 1.807) is 0 Å². The molecule has 0 fully saturated rings. The Bertz CT molecular complexity index is 298. The number of fused-ring (bicyclic) bond motifs is 1. The van der Waals surface area contributed by atoms with Crippen molar-refractivity contribution in [2.24, 2.45) is 5.92 Å². The Hall–Kier alpha value is -0.795. The summed E-state index contributed by atoms with van der Waals surface area (Å²) in [5, 5.41) is 0. The largest absolute Gasteiger partial charge is 0.457 e. The van der Waals surface area contributed by atoms with Gasteiger partial charge in [-0.05, 0) is 23.4 Å². The first kappa shape index (κ1) is 10.7. The fourth-order valence-electron chi connectivity index (χ4n) is 1.77. The molecule has 15 heavy (non-hydrogen) atoms. The molecule has 0 bridgehead atoms. The molecule has 80 valence electrons. The van der Waals surface area contributed by atoms with Gasteiger partial charge in [0.05, 0.1) is 13.2 Å². The molecule has 0 N–H and O–H groups in total. The van der Waals surface area contributed by atoms with Crippen LogP contribution in [0.5, 0.6) is 0 Å². The lowest BCUT2D eigenvalue weighted by Crippen LogP contribution is -2.22. The van der Waals surface area contributed by atoms with Crippen molar-refractivity contribution in [1.29, 1.82) is 0 Å². The summed E-state index contributed by atoms with van der Waals surface area (Å²) in [5.41, 5.74) is 2.51. The van der Waals surface area contributed by atoms with Gasteiger partial charge in [0.2, 0.25) is 0 Å². The predicted octanol–water partition coefficient (Wildman–Crippen LogP) is 2.88. The first-order valence-electron chi connectivity index (χ1n) is 5.55. The second kappa shape index (κ2) is 4.82. The molecule has 0 spiro atoms. The third-order valence-electron chi connectivity index (χ3n) is 2.63. The van der Waals surface area contributed by atoms with Gasteiger partial charge in [-0.3, -0.25) is 0 Å². The standard InChI is InChI=1S/C12H17BO2/c1-10(2)7-13-14-8-11-5-3-4-6-12(11)9-15-13/h3-6,10H,7-9H2,1-2H3. The van der Waals surface area contributed by atoms with Gasteiger partial charge in [0.1, 0.15) is 0 Å². The quantitative estimate of drug-likeness (QED) is 0.689. The van der Waals surface area contributed by atoms with Gasteiger partial charge < -0.3 is 9.31 Å². The molecule has 1 heterocycles. The van der Waals surface area contributed by atoms with Gasteiger partial charge in [-0.25, -0.2) is 0 Å². The van der Waals surface area contributed by atoms with Gasteiger partial charge in [-0.2, -0.15) is 0 Å². The van der Waals surface area contributed by atoms with E-state index in [4.69, 9.17) is 9.31 Å². The zero-order valence-electron chi connectivity index (χ0n) is 9.40. The van der Waals surface area contributed by atoms with Crippen molar-refractivity contribution in [3.8, 4) is 0 Å². The molecule has 1 aromatic carbocycles. The minimum absolute atomic E-state index is 0.0441. The molecule has 1 aromatic rings. The summed E-state index contributed by atoms with van der Waals surface area (Å²) in [6.45, 7) is 5.72. The van der Waals surface area contributed by atoms with Gasteiger partial charge in [0.15, 0.2) is 0 Å². The number of hydrogen-bond donors (Lipinski definition) is 0. The molecule has 2 rings (SSSR count). The average Bonchev–Trinajstić information content (AvgIpc) is 2.41. The Morgan fingerprint density at radius 3 is 2.13 bits per heavy atom. The third-order valence-corrected chi connectivity index (χ3v) is 2.63. The highest BCUT2D eigenvalue weighted by Crippen LogP contribution is 2.19. The fourth-order valence-corrected chi connectivity index (χ4v) is 1.77. The highest BCUT2D eigenvalue weighted by molar-refractivity contribution is 6.44. The van der Waals surface area contributed by atoms with Gasteiger partial charge in [-0.15, -0.1) is 0 Å². The van der Waals surface area contributed by atoms with E-state index in [0.29, 0.717) is 19.1 Å². The minimum Gasteiger partial charge on any atom is -0.407 e. The second-order valence-electron chi connectivity index (χ2n) is 4.45. The summed E-state index contributed by atoms with van der Waals surface area (Å²) in [4.78, 5) is 0. The Labute approximate surface area is 91.7 Å². The fraction of sp³-hybridized carbons (Fsp3) is 0.500. The zero-order chi connectivity index (χ0) is 10.7. The van der Waals surface area contributed by atoms with E-state index in [9.17, 15) is 0 Å². The van der Waals surface area contributed by atoms with Crippen LogP contribution in [0.2, 0.25) is 6.32 Å². The molecule has 0 aromatic heterocycles. The Balaban J connectivity index is 2.02. The van der Waals surface area contributed by atoms with Crippen molar-refractivity contribution >= 4 is 7.12 Å². The molecule has 0 atom stereocenters. The van der Waals surface area contributed by atoms with Crippen LogP contribution in [0, 0.1) is 5.92 Å². The molecule has 1 aliphatic heterocycles. The molecule has 0 radical (unpaired) electrons. The lowest BCUT2D eigenvalue weighted by Gasteiger charge is -2.12. The first-order chi connectivity index (χ1) is 7.25. The highest BCUT2D eigenvalue weighted by atomic mass is 16.6. The van der Waals surface area contributed by atoms with E-state index >= 15 is 0 Å². The highest BCUT2D eigenvalue weighted by Gasteiger charge is 2.23. The molecule has 0 unspecified atom stereocenters. The van der Waals surface area contributed by atoms with E-state index < -0.39 is 0 Å². The topological polar surface area (TPSA) is 18.5 Å². The molecular weight excluding hydrogens is 187 g/mol. The molecule has 2 nitrogen and oxygen atoms in total. The number of hydrogen-bond acceptors (Lipinski definition) is 2. The summed E-state index contributed by atoms with van der Waals surface area (Å²) in [5.74, 6) is 0.608. The first-order valence-corrected chi connectivity index (χ1v) is 5.55. The van der Waals surface area contributed by atoms with E-state index in [0.717, 1.165) is 6.32 Å². The van der Waals surface area contributed by atoms with Crippen LogP contribution >= 0.6 is 0 Å². The zero-order valence-corrected chi connectivity index (χ0v) is 9.40. The monoisotopic (exact) mass is 204 g/mol. The molecule has 0 saturated carbocycles. The van der Waals surface area contributed by atoms with E-state index in [-0.39, 0.29) is 7.12 Å². The minimum atomic E-state index is -0.0441. The molecular formula is C12H17BO2. The maximum Gasteiger partial charge on any atom is 0.457 e. The normalized spacial score (nSPS) is 16.3. The summed E-state index contributed by atoms with van der Waals surface area (Å²) in [6, 6.07) is 8.31. The van der Waals surface area contributed by atoms with Crippen LogP contribution in [0.4, 0.5) is 0 Å². The molecule has 0 saturated heterocycles. The Morgan fingerprint density at radius 2 is 1.67 bits per heavy atom. The average molecular weight is 204 g/mol.